The molecule has 2 aliphatic rings. The predicted octanol–water partition coefficient (Wildman–Crippen LogP) is 2.45. The first-order valence-electron chi connectivity index (χ1n) is 13.2. The maximum atomic E-state index is 12.5. The quantitative estimate of drug-likeness (QED) is 0.198. The van der Waals surface area contributed by atoms with E-state index in [2.05, 4.69) is 5.32 Å². The van der Waals surface area contributed by atoms with E-state index in [0.29, 0.717) is 24.3 Å². The lowest BCUT2D eigenvalue weighted by molar-refractivity contribution is -0.170. The van der Waals surface area contributed by atoms with E-state index < -0.39 is 66.1 Å². The minimum Gasteiger partial charge on any atom is -0.481 e. The summed E-state index contributed by atoms with van der Waals surface area (Å²) < 4.78 is 5.03. The van der Waals surface area contributed by atoms with Gasteiger partial charge in [-0.05, 0) is 37.7 Å². The van der Waals surface area contributed by atoms with E-state index in [1.165, 1.54) is 7.05 Å². The molecule has 5 amide bonds. The van der Waals surface area contributed by atoms with Crippen molar-refractivity contribution in [2.45, 2.75) is 70.4 Å². The monoisotopic (exact) mass is 577 g/mol. The van der Waals surface area contributed by atoms with Crippen LogP contribution in [0, 0.1) is 5.41 Å². The molecule has 224 valence electrons. The lowest BCUT2D eigenvalue weighted by Gasteiger charge is -2.48. The van der Waals surface area contributed by atoms with Crippen molar-refractivity contribution in [3.05, 3.63) is 35.9 Å². The highest BCUT2D eigenvalue weighted by atomic mass is 16.5. The second-order valence-electron chi connectivity index (χ2n) is 9.74. The maximum Gasteiger partial charge on any atom is 0.407 e. The molecule has 14 heteroatoms. The molecule has 1 saturated heterocycles. The maximum absolute atomic E-state index is 12.5. The fourth-order valence-corrected chi connectivity index (χ4v) is 4.38. The van der Waals surface area contributed by atoms with E-state index in [4.69, 9.17) is 14.9 Å². The van der Waals surface area contributed by atoms with Crippen LogP contribution < -0.4 is 5.32 Å². The van der Waals surface area contributed by atoms with Gasteiger partial charge in [-0.1, -0.05) is 43.2 Å². The Morgan fingerprint density at radius 3 is 2.10 bits per heavy atom. The highest BCUT2D eigenvalue weighted by Gasteiger charge is 2.61. The van der Waals surface area contributed by atoms with Crippen molar-refractivity contribution in [3.63, 3.8) is 0 Å². The molecule has 1 aliphatic carbocycles. The zero-order valence-electron chi connectivity index (χ0n) is 22.7. The summed E-state index contributed by atoms with van der Waals surface area (Å²) in [6, 6.07) is 6.84. The summed E-state index contributed by atoms with van der Waals surface area (Å²) in [4.78, 5) is 81.8. The number of imide groups is 2. The van der Waals surface area contributed by atoms with Crippen LogP contribution in [0.4, 0.5) is 9.59 Å². The van der Waals surface area contributed by atoms with Gasteiger partial charge in [-0.15, -0.1) is 0 Å². The number of barbiturate groups is 1. The van der Waals surface area contributed by atoms with Crippen LogP contribution in [0.1, 0.15) is 63.4 Å². The Morgan fingerprint density at radius 1 is 0.927 bits per heavy atom. The number of carbonyl (C=O) groups is 7. The minimum absolute atomic E-state index is 0.179. The van der Waals surface area contributed by atoms with Gasteiger partial charge in [0.1, 0.15) is 18.1 Å². The number of unbranched alkanes of at least 4 members (excludes halogenated alkanes) is 2. The SMILES string of the molecule is CN1C(=O)N([C@@H](CCC(=O)O)C(=O)O)C(=O)C2(CCC2)C1=O.O=C(O)CCCCCNC(=O)OCc1ccccc1. The number of alkyl carbamates (subject to hydrolysis) is 1. The molecule has 1 atom stereocenters. The molecule has 1 heterocycles. The Bertz CT molecular complexity index is 1130. The average molecular weight is 578 g/mol. The van der Waals surface area contributed by atoms with Gasteiger partial charge < -0.3 is 25.4 Å². The summed E-state index contributed by atoms with van der Waals surface area (Å²) in [5, 5.41) is 29.0. The molecule has 0 bridgehead atoms. The third-order valence-corrected chi connectivity index (χ3v) is 6.82. The van der Waals surface area contributed by atoms with Gasteiger partial charge in [-0.25, -0.2) is 19.3 Å². The van der Waals surface area contributed by atoms with Crippen molar-refractivity contribution >= 4 is 41.8 Å². The van der Waals surface area contributed by atoms with E-state index in [1.807, 2.05) is 30.3 Å². The van der Waals surface area contributed by atoms with Crippen molar-refractivity contribution < 1.29 is 53.6 Å². The van der Waals surface area contributed by atoms with Crippen LogP contribution in [0.15, 0.2) is 30.3 Å². The third-order valence-electron chi connectivity index (χ3n) is 6.82. The van der Waals surface area contributed by atoms with E-state index in [9.17, 15) is 38.7 Å². The molecule has 1 spiro atoms. The number of hydrogen-bond acceptors (Lipinski definition) is 8. The molecule has 41 heavy (non-hydrogen) atoms. The summed E-state index contributed by atoms with van der Waals surface area (Å²) in [6.45, 7) is 0.763. The van der Waals surface area contributed by atoms with Crippen LogP contribution in [0.5, 0.6) is 0 Å². The summed E-state index contributed by atoms with van der Waals surface area (Å²) in [6.07, 6.45) is 2.18. The Morgan fingerprint density at radius 2 is 1.56 bits per heavy atom. The summed E-state index contributed by atoms with van der Waals surface area (Å²) >= 11 is 0. The first kappa shape index (κ1) is 32.7. The van der Waals surface area contributed by atoms with Gasteiger partial charge in [0.15, 0.2) is 0 Å². The molecule has 1 saturated carbocycles. The number of nitrogens with zero attached hydrogens (tertiary/aromatic N) is 2. The summed E-state index contributed by atoms with van der Waals surface area (Å²) in [7, 11) is 1.19. The number of carboxylic acids is 3. The van der Waals surface area contributed by atoms with Gasteiger partial charge in [0.25, 0.3) is 0 Å². The number of nitrogens with one attached hydrogen (secondary N) is 1. The molecule has 2 fully saturated rings. The largest absolute Gasteiger partial charge is 0.481 e. The number of hydrogen-bond donors (Lipinski definition) is 4. The molecule has 3 rings (SSSR count). The fraction of sp³-hybridized carbons (Fsp3) is 0.519. The standard InChI is InChI=1S/C14H19NO4.C13H16N2O7/c16-13(17)9-5-2-6-10-15-14(18)19-11-12-7-3-1-4-8-12;1-14-10(20)13(5-2-6-13)11(21)15(12(14)22)7(9(18)19)3-4-8(16)17/h1,3-4,7-8H,2,5-6,9-11H2,(H,15,18)(H,16,17);7H,2-6H2,1H3,(H,16,17)(H,18,19)/t;7-/m.0/s1. The number of carbonyl (C=O) groups excluding carboxylic acids is 4. The second-order valence-corrected chi connectivity index (χ2v) is 9.74. The van der Waals surface area contributed by atoms with Crippen molar-refractivity contribution in [1.29, 1.82) is 0 Å². The zero-order chi connectivity index (χ0) is 30.6. The Kier molecular flexibility index (Phi) is 12.2. The Balaban J connectivity index is 0.000000290. The topological polar surface area (TPSA) is 208 Å². The van der Waals surface area contributed by atoms with Crippen LogP contribution in [0.3, 0.4) is 0 Å². The molecule has 1 aromatic carbocycles. The first-order chi connectivity index (χ1) is 19.4. The van der Waals surface area contributed by atoms with Gasteiger partial charge in [0.2, 0.25) is 11.8 Å². The Hall–Kier alpha value is -4.49. The number of urea groups is 1. The van der Waals surface area contributed by atoms with Crippen LogP contribution in [-0.2, 0) is 35.3 Å². The number of benzene rings is 1. The van der Waals surface area contributed by atoms with Gasteiger partial charge in [-0.2, -0.15) is 0 Å². The molecule has 0 unspecified atom stereocenters. The molecule has 0 aromatic heterocycles. The van der Waals surface area contributed by atoms with Gasteiger partial charge >= 0.3 is 30.0 Å². The highest BCUT2D eigenvalue weighted by Crippen LogP contribution is 2.46. The van der Waals surface area contributed by atoms with Crippen LogP contribution in [0.25, 0.3) is 0 Å². The van der Waals surface area contributed by atoms with Gasteiger partial charge in [0, 0.05) is 26.4 Å². The second kappa shape index (κ2) is 15.3. The van der Waals surface area contributed by atoms with Gasteiger partial charge in [0.05, 0.1) is 0 Å². The number of carboxylic acid groups (broad SMARTS) is 3. The van der Waals surface area contributed by atoms with Crippen LogP contribution in [-0.4, -0.2) is 86.6 Å². The normalized spacial score (nSPS) is 16.3. The molecule has 1 aliphatic heterocycles. The molecule has 1 aromatic rings. The first-order valence-corrected chi connectivity index (χ1v) is 13.2. The third kappa shape index (κ3) is 9.01. The predicted molar refractivity (Wildman–Crippen MR) is 140 cm³/mol. The van der Waals surface area contributed by atoms with Crippen molar-refractivity contribution in [1.82, 2.24) is 15.1 Å². The zero-order valence-corrected chi connectivity index (χ0v) is 22.7. The van der Waals surface area contributed by atoms with Crippen LogP contribution in [0.2, 0.25) is 0 Å². The minimum atomic E-state index is -1.59. The molecule has 4 N–H and O–H groups in total. The van der Waals surface area contributed by atoms with E-state index in [1.54, 1.807) is 0 Å². The smallest absolute Gasteiger partial charge is 0.407 e. The summed E-state index contributed by atoms with van der Waals surface area (Å²) in [5.41, 5.74) is -0.418. The number of amides is 5. The van der Waals surface area contributed by atoms with Crippen molar-refractivity contribution in [3.8, 4) is 0 Å². The van der Waals surface area contributed by atoms with Crippen molar-refractivity contribution in [2.75, 3.05) is 13.6 Å². The average Bonchev–Trinajstić information content (AvgIpc) is 2.90. The Labute approximate surface area is 236 Å². The lowest BCUT2D eigenvalue weighted by Crippen LogP contribution is -2.69. The fourth-order valence-electron chi connectivity index (χ4n) is 4.38. The number of rotatable bonds is 13. The van der Waals surface area contributed by atoms with Crippen molar-refractivity contribution in [2.24, 2.45) is 5.41 Å². The van der Waals surface area contributed by atoms with Crippen LogP contribution >= 0.6 is 0 Å². The molecular weight excluding hydrogens is 542 g/mol. The van der Waals surface area contributed by atoms with E-state index >= 15 is 0 Å². The van der Waals surface area contributed by atoms with E-state index in [0.717, 1.165) is 23.3 Å². The number of ether oxygens (including phenoxy) is 1. The van der Waals surface area contributed by atoms with E-state index in [-0.39, 0.29) is 25.9 Å². The molecule has 14 nitrogen and oxygen atoms in total. The molecule has 0 radical (unpaired) electrons. The molecular formula is C27H35N3O11. The number of aliphatic carboxylic acids is 3. The highest BCUT2D eigenvalue weighted by molar-refractivity contribution is 6.20. The summed E-state index contributed by atoms with van der Waals surface area (Å²) in [5.74, 6) is -4.93. The lowest BCUT2D eigenvalue weighted by atomic mass is 9.65. The van der Waals surface area contributed by atoms with Gasteiger partial charge in [-0.3, -0.25) is 24.1 Å².